The number of hydrogen-bond acceptors (Lipinski definition) is 4. The number of halogens is 1. The summed E-state index contributed by atoms with van der Waals surface area (Å²) in [6.07, 6.45) is 2.51. The summed E-state index contributed by atoms with van der Waals surface area (Å²) in [5.41, 5.74) is 0.734. The van der Waals surface area contributed by atoms with Crippen molar-refractivity contribution in [2.24, 2.45) is 0 Å². The van der Waals surface area contributed by atoms with Gasteiger partial charge in [0.15, 0.2) is 0 Å². The lowest BCUT2D eigenvalue weighted by molar-refractivity contribution is -0.122. The summed E-state index contributed by atoms with van der Waals surface area (Å²) in [4.78, 5) is 29.2. The molecule has 7 heteroatoms. The molecule has 0 aliphatic carbocycles. The Bertz CT molecular complexity index is 844. The van der Waals surface area contributed by atoms with Gasteiger partial charge in [-0.2, -0.15) is 0 Å². The Morgan fingerprint density at radius 3 is 2.96 bits per heavy atom. The standard InChI is InChI=1S/C19H22FN3O3/c1-2-15-10-18(25)23(12-17(24)21-11-16-7-4-8-26-16)19(22-15)13-5-3-6-14(20)9-13/h3,5-6,9-10,16H,2,4,7-8,11-12H2,1H3,(H,21,24)/t16-/m1/s1. The minimum absolute atomic E-state index is 0.0268. The van der Waals surface area contributed by atoms with Gasteiger partial charge < -0.3 is 10.1 Å². The van der Waals surface area contributed by atoms with Crippen LogP contribution in [0.1, 0.15) is 25.5 Å². The maximum Gasteiger partial charge on any atom is 0.254 e. The van der Waals surface area contributed by atoms with Crippen LogP contribution < -0.4 is 10.9 Å². The number of rotatable bonds is 6. The second-order valence-corrected chi connectivity index (χ2v) is 6.30. The molecule has 1 saturated heterocycles. The van der Waals surface area contributed by atoms with Crippen LogP contribution in [0.25, 0.3) is 11.4 Å². The second-order valence-electron chi connectivity index (χ2n) is 6.30. The van der Waals surface area contributed by atoms with Gasteiger partial charge in [0.2, 0.25) is 5.91 Å². The molecule has 1 aromatic heterocycles. The van der Waals surface area contributed by atoms with Gasteiger partial charge >= 0.3 is 0 Å². The number of amides is 1. The molecule has 0 radical (unpaired) electrons. The van der Waals surface area contributed by atoms with E-state index in [9.17, 15) is 14.0 Å². The Morgan fingerprint density at radius 2 is 2.27 bits per heavy atom. The van der Waals surface area contributed by atoms with Gasteiger partial charge in [-0.25, -0.2) is 9.37 Å². The predicted molar refractivity (Wildman–Crippen MR) is 95.3 cm³/mol. The number of nitrogens with zero attached hydrogens (tertiary/aromatic N) is 2. The molecule has 0 bridgehead atoms. The Labute approximate surface area is 151 Å². The van der Waals surface area contributed by atoms with Gasteiger partial charge in [0.05, 0.1) is 6.10 Å². The van der Waals surface area contributed by atoms with E-state index in [0.29, 0.717) is 36.7 Å². The largest absolute Gasteiger partial charge is 0.376 e. The van der Waals surface area contributed by atoms with Crippen LogP contribution in [0, 0.1) is 5.82 Å². The number of aromatic nitrogens is 2. The van der Waals surface area contributed by atoms with Crippen molar-refractivity contribution in [3.05, 3.63) is 52.2 Å². The van der Waals surface area contributed by atoms with Crippen LogP contribution in [0.15, 0.2) is 35.1 Å². The number of nitrogens with one attached hydrogen (secondary N) is 1. The lowest BCUT2D eigenvalue weighted by Gasteiger charge is -2.15. The van der Waals surface area contributed by atoms with E-state index in [1.165, 1.54) is 22.8 Å². The maximum atomic E-state index is 13.6. The molecule has 2 aromatic rings. The fourth-order valence-electron chi connectivity index (χ4n) is 2.97. The van der Waals surface area contributed by atoms with E-state index in [2.05, 4.69) is 10.3 Å². The molecule has 1 aliphatic heterocycles. The molecule has 0 unspecified atom stereocenters. The maximum absolute atomic E-state index is 13.6. The zero-order valence-corrected chi connectivity index (χ0v) is 14.7. The van der Waals surface area contributed by atoms with Gasteiger partial charge in [0, 0.05) is 30.5 Å². The van der Waals surface area contributed by atoms with Crippen molar-refractivity contribution in [2.45, 2.75) is 38.8 Å². The Balaban J connectivity index is 1.85. The van der Waals surface area contributed by atoms with Crippen LogP contribution >= 0.6 is 0 Å². The zero-order valence-electron chi connectivity index (χ0n) is 14.7. The van der Waals surface area contributed by atoms with Crippen LogP contribution in [-0.4, -0.2) is 34.7 Å². The minimum Gasteiger partial charge on any atom is -0.376 e. The smallest absolute Gasteiger partial charge is 0.254 e. The number of carbonyl (C=O) groups excluding carboxylic acids is 1. The molecule has 3 rings (SSSR count). The summed E-state index contributed by atoms with van der Waals surface area (Å²) < 4.78 is 20.4. The van der Waals surface area contributed by atoms with Crippen LogP contribution in [0.3, 0.4) is 0 Å². The van der Waals surface area contributed by atoms with Crippen molar-refractivity contribution in [1.29, 1.82) is 0 Å². The van der Waals surface area contributed by atoms with E-state index in [1.54, 1.807) is 12.1 Å². The number of carbonyl (C=O) groups is 1. The molecule has 1 aliphatic rings. The van der Waals surface area contributed by atoms with Crippen LogP contribution in [0.4, 0.5) is 4.39 Å². The van der Waals surface area contributed by atoms with Gasteiger partial charge in [0.25, 0.3) is 5.56 Å². The highest BCUT2D eigenvalue weighted by Gasteiger charge is 2.18. The van der Waals surface area contributed by atoms with E-state index in [0.717, 1.165) is 12.8 Å². The molecule has 2 heterocycles. The molecule has 1 amide bonds. The molecule has 1 aromatic carbocycles. The normalized spacial score (nSPS) is 16.6. The molecule has 1 atom stereocenters. The summed E-state index contributed by atoms with van der Waals surface area (Å²) in [5.74, 6) is -0.430. The highest BCUT2D eigenvalue weighted by Crippen LogP contribution is 2.17. The van der Waals surface area contributed by atoms with E-state index in [4.69, 9.17) is 4.74 Å². The number of benzene rings is 1. The zero-order chi connectivity index (χ0) is 18.5. The molecule has 26 heavy (non-hydrogen) atoms. The molecular formula is C19H22FN3O3. The molecule has 0 spiro atoms. The van der Waals surface area contributed by atoms with E-state index < -0.39 is 5.82 Å². The van der Waals surface area contributed by atoms with Crippen molar-refractivity contribution in [3.63, 3.8) is 0 Å². The van der Waals surface area contributed by atoms with Crippen molar-refractivity contribution >= 4 is 5.91 Å². The summed E-state index contributed by atoms with van der Waals surface area (Å²) in [6, 6.07) is 7.27. The van der Waals surface area contributed by atoms with Gasteiger partial charge in [-0.1, -0.05) is 19.1 Å². The first-order chi connectivity index (χ1) is 12.6. The lowest BCUT2D eigenvalue weighted by Crippen LogP contribution is -2.37. The van der Waals surface area contributed by atoms with Crippen molar-refractivity contribution in [3.8, 4) is 11.4 Å². The minimum atomic E-state index is -0.423. The SMILES string of the molecule is CCc1cc(=O)n(CC(=O)NC[C@H]2CCCO2)c(-c2cccc(F)c2)n1. The number of ether oxygens (including phenoxy) is 1. The molecule has 6 nitrogen and oxygen atoms in total. The van der Waals surface area contributed by atoms with Crippen LogP contribution in [0.5, 0.6) is 0 Å². The van der Waals surface area contributed by atoms with Crippen molar-refractivity contribution < 1.29 is 13.9 Å². The second kappa shape index (κ2) is 8.23. The summed E-state index contributed by atoms with van der Waals surface area (Å²) in [5, 5.41) is 2.79. The number of hydrogen-bond donors (Lipinski definition) is 1. The molecular weight excluding hydrogens is 337 g/mol. The molecule has 1 N–H and O–H groups in total. The van der Waals surface area contributed by atoms with E-state index in [-0.39, 0.29) is 24.1 Å². The van der Waals surface area contributed by atoms with Gasteiger partial charge in [-0.15, -0.1) is 0 Å². The molecule has 138 valence electrons. The molecule has 1 fully saturated rings. The van der Waals surface area contributed by atoms with Crippen LogP contribution in [-0.2, 0) is 22.5 Å². The highest BCUT2D eigenvalue weighted by molar-refractivity contribution is 5.76. The fourth-order valence-corrected chi connectivity index (χ4v) is 2.97. The van der Waals surface area contributed by atoms with Gasteiger partial charge in [-0.3, -0.25) is 14.2 Å². The average Bonchev–Trinajstić information content (AvgIpc) is 3.15. The first kappa shape index (κ1) is 18.3. The first-order valence-electron chi connectivity index (χ1n) is 8.82. The Kier molecular flexibility index (Phi) is 5.78. The van der Waals surface area contributed by atoms with E-state index >= 15 is 0 Å². The summed E-state index contributed by atoms with van der Waals surface area (Å²) in [6.45, 7) is 2.85. The van der Waals surface area contributed by atoms with Gasteiger partial charge in [-0.05, 0) is 31.4 Å². The van der Waals surface area contributed by atoms with Crippen LogP contribution in [0.2, 0.25) is 0 Å². The number of aryl methyl sites for hydroxylation is 1. The monoisotopic (exact) mass is 359 g/mol. The topological polar surface area (TPSA) is 73.2 Å². The first-order valence-corrected chi connectivity index (χ1v) is 8.82. The summed E-state index contributed by atoms with van der Waals surface area (Å²) >= 11 is 0. The third-order valence-electron chi connectivity index (χ3n) is 4.36. The quantitative estimate of drug-likeness (QED) is 0.855. The Hall–Kier alpha value is -2.54. The van der Waals surface area contributed by atoms with Crippen molar-refractivity contribution in [2.75, 3.05) is 13.2 Å². The van der Waals surface area contributed by atoms with Gasteiger partial charge in [0.1, 0.15) is 18.2 Å². The fraction of sp³-hybridized carbons (Fsp3) is 0.421. The summed E-state index contributed by atoms with van der Waals surface area (Å²) in [7, 11) is 0. The van der Waals surface area contributed by atoms with Crippen molar-refractivity contribution in [1.82, 2.24) is 14.9 Å². The highest BCUT2D eigenvalue weighted by atomic mass is 19.1. The van der Waals surface area contributed by atoms with E-state index in [1.807, 2.05) is 6.92 Å². The third kappa shape index (κ3) is 4.35. The third-order valence-corrected chi connectivity index (χ3v) is 4.36. The average molecular weight is 359 g/mol. The Morgan fingerprint density at radius 1 is 1.42 bits per heavy atom. The predicted octanol–water partition coefficient (Wildman–Crippen LogP) is 1.91. The lowest BCUT2D eigenvalue weighted by atomic mass is 10.2. The molecule has 0 saturated carbocycles.